The summed E-state index contributed by atoms with van der Waals surface area (Å²) in [6.45, 7) is 3.75. The zero-order valence-electron chi connectivity index (χ0n) is 8.04. The molecule has 0 aromatic heterocycles. The van der Waals surface area contributed by atoms with Crippen LogP contribution in [0.5, 0.6) is 0 Å². The predicted octanol–water partition coefficient (Wildman–Crippen LogP) is 2.80. The highest BCUT2D eigenvalue weighted by atomic mass is 19.1. The minimum Gasteiger partial charge on any atom is -0.304 e. The summed E-state index contributed by atoms with van der Waals surface area (Å²) in [6, 6.07) is 7.46. The van der Waals surface area contributed by atoms with E-state index in [4.69, 9.17) is 0 Å². The summed E-state index contributed by atoms with van der Waals surface area (Å²) in [5.74, 6) is -0.161. The molecule has 1 heterocycles. The van der Waals surface area contributed by atoms with Gasteiger partial charge in [-0.3, -0.25) is 0 Å². The Hall–Kier alpha value is -1.15. The van der Waals surface area contributed by atoms with Crippen LogP contribution < -0.4 is 5.32 Å². The van der Waals surface area contributed by atoms with E-state index >= 15 is 0 Å². The van der Waals surface area contributed by atoms with Crippen LogP contribution in [-0.4, -0.2) is 6.04 Å². The predicted molar refractivity (Wildman–Crippen MR) is 55.5 cm³/mol. The third kappa shape index (κ3) is 1.85. The second-order valence-electron chi connectivity index (χ2n) is 3.69. The van der Waals surface area contributed by atoms with Gasteiger partial charge in [0.05, 0.1) is 0 Å². The van der Waals surface area contributed by atoms with Gasteiger partial charge in [0.25, 0.3) is 0 Å². The highest BCUT2D eigenvalue weighted by molar-refractivity contribution is 5.21. The lowest BCUT2D eigenvalue weighted by Crippen LogP contribution is -2.21. The Bertz CT molecular complexity index is 335. The summed E-state index contributed by atoms with van der Waals surface area (Å²) in [7, 11) is 0. The summed E-state index contributed by atoms with van der Waals surface area (Å²) in [5.41, 5.74) is 1.04. The molecule has 1 N–H and O–H groups in total. The van der Waals surface area contributed by atoms with E-state index < -0.39 is 0 Å². The van der Waals surface area contributed by atoms with E-state index in [1.165, 1.54) is 6.07 Å². The number of nitrogens with one attached hydrogen (secondary N) is 1. The van der Waals surface area contributed by atoms with Crippen molar-refractivity contribution >= 4 is 0 Å². The van der Waals surface area contributed by atoms with Crippen molar-refractivity contribution in [1.82, 2.24) is 5.32 Å². The van der Waals surface area contributed by atoms with Crippen LogP contribution in [0.1, 0.15) is 24.4 Å². The molecular weight excluding hydrogens is 177 g/mol. The monoisotopic (exact) mass is 191 g/mol. The van der Waals surface area contributed by atoms with Crippen LogP contribution in [0.3, 0.4) is 0 Å². The molecule has 2 atom stereocenters. The fourth-order valence-corrected chi connectivity index (χ4v) is 1.94. The first-order chi connectivity index (χ1) is 6.79. The highest BCUT2D eigenvalue weighted by Crippen LogP contribution is 2.26. The SMILES string of the molecule is C=C[C@@H]1CC[C@H](c2cccc(F)c2)N1. The van der Waals surface area contributed by atoms with Gasteiger partial charge in [-0.05, 0) is 30.5 Å². The van der Waals surface area contributed by atoms with Crippen LogP contribution in [0.2, 0.25) is 0 Å². The molecule has 2 heteroatoms. The van der Waals surface area contributed by atoms with Gasteiger partial charge in [0.1, 0.15) is 5.82 Å². The lowest BCUT2D eigenvalue weighted by molar-refractivity contribution is 0.593. The standard InChI is InChI=1S/C12H14FN/c1-2-11-6-7-12(14-11)9-4-3-5-10(13)8-9/h2-5,8,11-12,14H,1,6-7H2/t11-,12-/m1/s1. The fraction of sp³-hybridized carbons (Fsp3) is 0.333. The summed E-state index contributed by atoms with van der Waals surface area (Å²) < 4.78 is 13.0. The van der Waals surface area contributed by atoms with Crippen LogP contribution >= 0.6 is 0 Å². The van der Waals surface area contributed by atoms with Crippen LogP contribution in [0.25, 0.3) is 0 Å². The lowest BCUT2D eigenvalue weighted by Gasteiger charge is -2.12. The third-order valence-corrected chi connectivity index (χ3v) is 2.72. The van der Waals surface area contributed by atoms with Gasteiger partial charge < -0.3 is 5.32 Å². The van der Waals surface area contributed by atoms with Crippen molar-refractivity contribution in [3.05, 3.63) is 48.3 Å². The van der Waals surface area contributed by atoms with Gasteiger partial charge in [0.2, 0.25) is 0 Å². The van der Waals surface area contributed by atoms with Crippen molar-refractivity contribution < 1.29 is 4.39 Å². The quantitative estimate of drug-likeness (QED) is 0.709. The molecule has 1 aromatic rings. The molecule has 0 amide bonds. The molecule has 1 fully saturated rings. The number of benzene rings is 1. The lowest BCUT2D eigenvalue weighted by atomic mass is 10.1. The molecule has 1 aromatic carbocycles. The van der Waals surface area contributed by atoms with Crippen LogP contribution in [-0.2, 0) is 0 Å². The maximum Gasteiger partial charge on any atom is 0.123 e. The molecule has 2 rings (SSSR count). The van der Waals surface area contributed by atoms with E-state index in [1.807, 2.05) is 12.1 Å². The average Bonchev–Trinajstić information content (AvgIpc) is 2.66. The Labute approximate surface area is 83.6 Å². The molecular formula is C12H14FN. The van der Waals surface area contributed by atoms with Gasteiger partial charge in [0, 0.05) is 12.1 Å². The van der Waals surface area contributed by atoms with E-state index in [-0.39, 0.29) is 11.9 Å². The molecule has 0 spiro atoms. The molecule has 0 saturated carbocycles. The first-order valence-electron chi connectivity index (χ1n) is 4.93. The van der Waals surface area contributed by atoms with Crippen molar-refractivity contribution in [2.24, 2.45) is 0 Å². The molecule has 0 radical (unpaired) electrons. The summed E-state index contributed by atoms with van der Waals surface area (Å²) in [5, 5.41) is 3.40. The van der Waals surface area contributed by atoms with Gasteiger partial charge in [-0.2, -0.15) is 0 Å². The Balaban J connectivity index is 2.13. The zero-order valence-corrected chi connectivity index (χ0v) is 8.04. The topological polar surface area (TPSA) is 12.0 Å². The van der Waals surface area contributed by atoms with Crippen molar-refractivity contribution in [3.63, 3.8) is 0 Å². The zero-order chi connectivity index (χ0) is 9.97. The summed E-state index contributed by atoms with van der Waals surface area (Å²) in [4.78, 5) is 0. The van der Waals surface area contributed by atoms with E-state index in [9.17, 15) is 4.39 Å². The molecule has 0 bridgehead atoms. The fourth-order valence-electron chi connectivity index (χ4n) is 1.94. The number of hydrogen-bond acceptors (Lipinski definition) is 1. The first kappa shape index (κ1) is 9.41. The van der Waals surface area contributed by atoms with Crippen molar-refractivity contribution in [2.45, 2.75) is 24.9 Å². The van der Waals surface area contributed by atoms with E-state index in [0.717, 1.165) is 18.4 Å². The van der Waals surface area contributed by atoms with Crippen LogP contribution in [0.15, 0.2) is 36.9 Å². The van der Waals surface area contributed by atoms with E-state index in [0.29, 0.717) is 6.04 Å². The Kier molecular flexibility index (Phi) is 2.64. The molecule has 0 unspecified atom stereocenters. The smallest absolute Gasteiger partial charge is 0.123 e. The highest BCUT2D eigenvalue weighted by Gasteiger charge is 2.22. The number of rotatable bonds is 2. The molecule has 1 aliphatic rings. The van der Waals surface area contributed by atoms with E-state index in [2.05, 4.69) is 11.9 Å². The molecule has 1 aliphatic heterocycles. The van der Waals surface area contributed by atoms with Gasteiger partial charge in [0.15, 0.2) is 0 Å². The largest absolute Gasteiger partial charge is 0.304 e. The first-order valence-corrected chi connectivity index (χ1v) is 4.93. The molecule has 0 aliphatic carbocycles. The Morgan fingerprint density at radius 2 is 2.29 bits per heavy atom. The second kappa shape index (κ2) is 3.93. The van der Waals surface area contributed by atoms with E-state index in [1.54, 1.807) is 12.1 Å². The molecule has 74 valence electrons. The molecule has 14 heavy (non-hydrogen) atoms. The van der Waals surface area contributed by atoms with Crippen molar-refractivity contribution in [3.8, 4) is 0 Å². The van der Waals surface area contributed by atoms with Crippen LogP contribution in [0.4, 0.5) is 4.39 Å². The number of hydrogen-bond donors (Lipinski definition) is 1. The maximum absolute atomic E-state index is 13.0. The number of halogens is 1. The Morgan fingerprint density at radius 1 is 1.43 bits per heavy atom. The maximum atomic E-state index is 13.0. The van der Waals surface area contributed by atoms with Gasteiger partial charge in [-0.1, -0.05) is 18.2 Å². The van der Waals surface area contributed by atoms with Crippen molar-refractivity contribution in [2.75, 3.05) is 0 Å². The van der Waals surface area contributed by atoms with Gasteiger partial charge in [-0.25, -0.2) is 4.39 Å². The molecule has 1 nitrogen and oxygen atoms in total. The summed E-state index contributed by atoms with van der Waals surface area (Å²) in [6.07, 6.45) is 4.06. The van der Waals surface area contributed by atoms with Gasteiger partial charge >= 0.3 is 0 Å². The minimum absolute atomic E-state index is 0.161. The summed E-state index contributed by atoms with van der Waals surface area (Å²) >= 11 is 0. The van der Waals surface area contributed by atoms with Crippen LogP contribution in [0, 0.1) is 5.82 Å². The second-order valence-corrected chi connectivity index (χ2v) is 3.69. The normalized spacial score (nSPS) is 26.4. The minimum atomic E-state index is -0.161. The average molecular weight is 191 g/mol. The Morgan fingerprint density at radius 3 is 2.93 bits per heavy atom. The third-order valence-electron chi connectivity index (χ3n) is 2.72. The van der Waals surface area contributed by atoms with Gasteiger partial charge in [-0.15, -0.1) is 6.58 Å². The van der Waals surface area contributed by atoms with Crippen molar-refractivity contribution in [1.29, 1.82) is 0 Å². The molecule has 1 saturated heterocycles.